The van der Waals surface area contributed by atoms with Gasteiger partial charge in [-0.2, -0.15) is 0 Å². The third-order valence-electron chi connectivity index (χ3n) is 4.10. The summed E-state index contributed by atoms with van der Waals surface area (Å²) in [5, 5.41) is 4.91. The molecule has 0 unspecified atom stereocenters. The standard InChI is InChI=1S/C15H22N4/c1-9-8-17-15-13(7-10(2)18-15)14(9)19-12-5-3-11(16)4-6-12/h7-8,11-12H,3-6,16H2,1-2H3,(H2,17,18,19). The van der Waals surface area contributed by atoms with E-state index in [0.29, 0.717) is 12.1 Å². The first kappa shape index (κ1) is 12.5. The highest BCUT2D eigenvalue weighted by atomic mass is 15.0. The van der Waals surface area contributed by atoms with Crippen LogP contribution in [-0.4, -0.2) is 22.1 Å². The average molecular weight is 258 g/mol. The molecule has 3 rings (SSSR count). The van der Waals surface area contributed by atoms with Crippen molar-refractivity contribution in [3.8, 4) is 0 Å². The van der Waals surface area contributed by atoms with E-state index < -0.39 is 0 Å². The van der Waals surface area contributed by atoms with Gasteiger partial charge in [0.25, 0.3) is 0 Å². The molecule has 0 radical (unpaired) electrons. The number of nitrogens with one attached hydrogen (secondary N) is 2. The molecule has 0 atom stereocenters. The van der Waals surface area contributed by atoms with Crippen molar-refractivity contribution < 1.29 is 0 Å². The number of rotatable bonds is 2. The van der Waals surface area contributed by atoms with Crippen LogP contribution in [0.1, 0.15) is 36.9 Å². The van der Waals surface area contributed by atoms with Gasteiger partial charge in [-0.3, -0.25) is 0 Å². The molecule has 4 N–H and O–H groups in total. The smallest absolute Gasteiger partial charge is 0.139 e. The molecule has 1 saturated carbocycles. The Morgan fingerprint density at radius 2 is 2.00 bits per heavy atom. The van der Waals surface area contributed by atoms with Gasteiger partial charge in [0.15, 0.2) is 0 Å². The zero-order valence-corrected chi connectivity index (χ0v) is 11.7. The topological polar surface area (TPSA) is 66.7 Å². The quantitative estimate of drug-likeness (QED) is 0.776. The second-order valence-electron chi connectivity index (χ2n) is 5.79. The average Bonchev–Trinajstić information content (AvgIpc) is 2.76. The van der Waals surface area contributed by atoms with Gasteiger partial charge in [-0.1, -0.05) is 0 Å². The van der Waals surface area contributed by atoms with E-state index in [1.807, 2.05) is 6.20 Å². The van der Waals surface area contributed by atoms with Crippen molar-refractivity contribution in [3.63, 3.8) is 0 Å². The van der Waals surface area contributed by atoms with Gasteiger partial charge in [0.2, 0.25) is 0 Å². The number of aromatic amines is 1. The predicted octanol–water partition coefficient (Wildman–Crippen LogP) is 2.86. The number of aromatic nitrogens is 2. The normalized spacial score (nSPS) is 23.7. The Hall–Kier alpha value is -1.55. The second-order valence-corrected chi connectivity index (χ2v) is 5.79. The maximum atomic E-state index is 5.97. The van der Waals surface area contributed by atoms with Gasteiger partial charge >= 0.3 is 0 Å². The summed E-state index contributed by atoms with van der Waals surface area (Å²) in [5.74, 6) is 0. The van der Waals surface area contributed by atoms with Gasteiger partial charge in [0.1, 0.15) is 5.65 Å². The molecule has 1 aliphatic rings. The van der Waals surface area contributed by atoms with Crippen LogP contribution in [0.25, 0.3) is 11.0 Å². The maximum absolute atomic E-state index is 5.97. The van der Waals surface area contributed by atoms with Gasteiger partial charge in [-0.05, 0) is 51.2 Å². The Morgan fingerprint density at radius 1 is 1.26 bits per heavy atom. The van der Waals surface area contributed by atoms with Crippen LogP contribution in [-0.2, 0) is 0 Å². The number of aryl methyl sites for hydroxylation is 2. The summed E-state index contributed by atoms with van der Waals surface area (Å²) in [5.41, 5.74) is 10.5. The van der Waals surface area contributed by atoms with Crippen LogP contribution in [0.3, 0.4) is 0 Å². The van der Waals surface area contributed by atoms with E-state index in [2.05, 4.69) is 35.2 Å². The lowest BCUT2D eigenvalue weighted by molar-refractivity contribution is 0.411. The number of hydrogen-bond donors (Lipinski definition) is 3. The fourth-order valence-electron chi connectivity index (χ4n) is 2.97. The Labute approximate surface area is 113 Å². The number of fused-ring (bicyclic) bond motifs is 1. The SMILES string of the molecule is Cc1cc2c(NC3CCC(N)CC3)c(C)cnc2[nH]1. The minimum absolute atomic E-state index is 0.395. The molecule has 2 aromatic heterocycles. The van der Waals surface area contributed by atoms with E-state index in [9.17, 15) is 0 Å². The van der Waals surface area contributed by atoms with Crippen molar-refractivity contribution in [1.29, 1.82) is 0 Å². The highest BCUT2D eigenvalue weighted by Crippen LogP contribution is 2.29. The monoisotopic (exact) mass is 258 g/mol. The fourth-order valence-corrected chi connectivity index (χ4v) is 2.97. The summed E-state index contributed by atoms with van der Waals surface area (Å²) in [6.45, 7) is 4.19. The van der Waals surface area contributed by atoms with Crippen molar-refractivity contribution in [3.05, 3.63) is 23.5 Å². The molecule has 0 amide bonds. The number of pyridine rings is 1. The first-order valence-corrected chi connectivity index (χ1v) is 7.10. The molecule has 1 aliphatic carbocycles. The molecule has 19 heavy (non-hydrogen) atoms. The summed E-state index contributed by atoms with van der Waals surface area (Å²) in [4.78, 5) is 7.75. The Bertz CT molecular complexity index is 579. The Balaban J connectivity index is 1.89. The molecule has 0 bridgehead atoms. The predicted molar refractivity (Wildman–Crippen MR) is 79.4 cm³/mol. The van der Waals surface area contributed by atoms with Crippen LogP contribution in [0.5, 0.6) is 0 Å². The molecule has 0 spiro atoms. The third kappa shape index (κ3) is 2.45. The van der Waals surface area contributed by atoms with E-state index in [1.54, 1.807) is 0 Å². The van der Waals surface area contributed by atoms with Gasteiger partial charge < -0.3 is 16.0 Å². The molecule has 1 fully saturated rings. The van der Waals surface area contributed by atoms with Gasteiger partial charge in [-0.25, -0.2) is 4.98 Å². The van der Waals surface area contributed by atoms with Gasteiger partial charge in [0, 0.05) is 35.0 Å². The molecular formula is C15H22N4. The van der Waals surface area contributed by atoms with Crippen molar-refractivity contribution in [2.75, 3.05) is 5.32 Å². The highest BCUT2D eigenvalue weighted by molar-refractivity contribution is 5.91. The number of nitrogens with zero attached hydrogens (tertiary/aromatic N) is 1. The van der Waals surface area contributed by atoms with Crippen molar-refractivity contribution >= 4 is 16.7 Å². The van der Waals surface area contributed by atoms with E-state index in [0.717, 1.165) is 37.0 Å². The van der Waals surface area contributed by atoms with Gasteiger partial charge in [-0.15, -0.1) is 0 Å². The summed E-state index contributed by atoms with van der Waals surface area (Å²) >= 11 is 0. The largest absolute Gasteiger partial charge is 0.381 e. The molecule has 0 aromatic carbocycles. The van der Waals surface area contributed by atoms with Gasteiger partial charge in [0.05, 0.1) is 0 Å². The van der Waals surface area contributed by atoms with Crippen LogP contribution in [0, 0.1) is 13.8 Å². The summed E-state index contributed by atoms with van der Waals surface area (Å²) in [6.07, 6.45) is 6.50. The molecule has 0 aliphatic heterocycles. The van der Waals surface area contributed by atoms with E-state index >= 15 is 0 Å². The van der Waals surface area contributed by atoms with E-state index in [4.69, 9.17) is 5.73 Å². The second kappa shape index (κ2) is 4.85. The molecule has 0 saturated heterocycles. The van der Waals surface area contributed by atoms with Crippen molar-refractivity contribution in [2.24, 2.45) is 5.73 Å². The molecular weight excluding hydrogens is 236 g/mol. The minimum Gasteiger partial charge on any atom is -0.381 e. The summed E-state index contributed by atoms with van der Waals surface area (Å²) < 4.78 is 0. The molecule has 2 heterocycles. The number of nitrogens with two attached hydrogens (primary N) is 1. The first-order valence-electron chi connectivity index (χ1n) is 7.10. The highest BCUT2D eigenvalue weighted by Gasteiger charge is 2.20. The lowest BCUT2D eigenvalue weighted by Gasteiger charge is -2.28. The lowest BCUT2D eigenvalue weighted by atomic mass is 9.91. The van der Waals surface area contributed by atoms with Crippen LogP contribution < -0.4 is 11.1 Å². The number of hydrogen-bond acceptors (Lipinski definition) is 3. The van der Waals surface area contributed by atoms with E-state index in [-0.39, 0.29) is 0 Å². The summed E-state index contributed by atoms with van der Waals surface area (Å²) in [7, 11) is 0. The van der Waals surface area contributed by atoms with Crippen LogP contribution in [0.4, 0.5) is 5.69 Å². The lowest BCUT2D eigenvalue weighted by Crippen LogP contribution is -2.33. The number of anilines is 1. The summed E-state index contributed by atoms with van der Waals surface area (Å²) in [6, 6.07) is 3.11. The van der Waals surface area contributed by atoms with E-state index in [1.165, 1.54) is 16.6 Å². The third-order valence-corrected chi connectivity index (χ3v) is 4.10. The van der Waals surface area contributed by atoms with Crippen molar-refractivity contribution in [2.45, 2.75) is 51.6 Å². The zero-order valence-electron chi connectivity index (χ0n) is 11.7. The van der Waals surface area contributed by atoms with Crippen molar-refractivity contribution in [1.82, 2.24) is 9.97 Å². The molecule has 4 heteroatoms. The maximum Gasteiger partial charge on any atom is 0.139 e. The fraction of sp³-hybridized carbons (Fsp3) is 0.533. The van der Waals surface area contributed by atoms with Crippen LogP contribution in [0.15, 0.2) is 12.3 Å². The van der Waals surface area contributed by atoms with Crippen LogP contribution in [0.2, 0.25) is 0 Å². The van der Waals surface area contributed by atoms with Crippen LogP contribution >= 0.6 is 0 Å². The first-order chi connectivity index (χ1) is 9.13. The minimum atomic E-state index is 0.395. The molecule has 102 valence electrons. The molecule has 4 nitrogen and oxygen atoms in total. The number of H-pyrrole nitrogens is 1. The Morgan fingerprint density at radius 3 is 2.74 bits per heavy atom. The zero-order chi connectivity index (χ0) is 13.4. The Kier molecular flexibility index (Phi) is 3.19. The molecule has 2 aromatic rings.